The van der Waals surface area contributed by atoms with Crippen LogP contribution in [0, 0.1) is 0 Å². The Morgan fingerprint density at radius 3 is 2.61 bits per heavy atom. The van der Waals surface area contributed by atoms with Crippen molar-refractivity contribution in [2.24, 2.45) is 0 Å². The molecule has 1 atom stereocenters. The molecule has 31 heavy (non-hydrogen) atoms. The number of methoxy groups -OCH3 is 1. The number of nitrogens with zero attached hydrogens (tertiary/aromatic N) is 2. The van der Waals surface area contributed by atoms with Crippen molar-refractivity contribution in [1.29, 1.82) is 0 Å². The Morgan fingerprint density at radius 1 is 1.10 bits per heavy atom. The van der Waals surface area contributed by atoms with E-state index in [0.717, 1.165) is 22.1 Å². The summed E-state index contributed by atoms with van der Waals surface area (Å²) in [5.74, 6) is 0.958. The first-order chi connectivity index (χ1) is 15.0. The molecule has 6 nitrogen and oxygen atoms in total. The van der Waals surface area contributed by atoms with Crippen LogP contribution in [0.5, 0.6) is 5.75 Å². The van der Waals surface area contributed by atoms with Gasteiger partial charge in [-0.25, -0.2) is 4.98 Å². The van der Waals surface area contributed by atoms with Crippen molar-refractivity contribution in [3.8, 4) is 5.75 Å². The number of hydrogen-bond acceptors (Lipinski definition) is 4. The smallest absolute Gasteiger partial charge is 0.258 e. The maximum Gasteiger partial charge on any atom is 0.258 e. The molecule has 6 heteroatoms. The van der Waals surface area contributed by atoms with E-state index in [1.165, 1.54) is 0 Å². The average Bonchev–Trinajstić information content (AvgIpc) is 2.81. The maximum atomic E-state index is 13.3. The predicted molar refractivity (Wildman–Crippen MR) is 122 cm³/mol. The largest absolute Gasteiger partial charge is 0.497 e. The maximum absolute atomic E-state index is 13.3. The fraction of sp³-hybridized carbons (Fsp3) is 0.240. The Kier molecular flexibility index (Phi) is 5.71. The Hall–Kier alpha value is -3.67. The molecule has 1 N–H and O–H groups in total. The minimum Gasteiger partial charge on any atom is -0.497 e. The van der Waals surface area contributed by atoms with Gasteiger partial charge in [0.25, 0.3) is 5.56 Å². The van der Waals surface area contributed by atoms with E-state index in [-0.39, 0.29) is 23.9 Å². The monoisotopic (exact) mass is 415 g/mol. The van der Waals surface area contributed by atoms with Crippen LogP contribution in [-0.2, 0) is 11.3 Å². The summed E-state index contributed by atoms with van der Waals surface area (Å²) in [5, 5.41) is 2.66. The summed E-state index contributed by atoms with van der Waals surface area (Å²) in [5.41, 5.74) is 1.38. The van der Waals surface area contributed by atoms with Gasteiger partial charge in [0, 0.05) is 6.54 Å². The molecule has 0 spiro atoms. The number of carbonyl (C=O) groups is 1. The van der Waals surface area contributed by atoms with E-state index < -0.39 is 0 Å². The van der Waals surface area contributed by atoms with Gasteiger partial charge in [-0.3, -0.25) is 9.59 Å². The zero-order valence-corrected chi connectivity index (χ0v) is 17.9. The number of para-hydroxylation sites is 1. The van der Waals surface area contributed by atoms with Crippen molar-refractivity contribution in [3.63, 3.8) is 0 Å². The molecule has 0 aliphatic carbocycles. The highest BCUT2D eigenvalue weighted by Gasteiger charge is 2.22. The Labute approximate surface area is 180 Å². The van der Waals surface area contributed by atoms with E-state index >= 15 is 0 Å². The quantitative estimate of drug-likeness (QED) is 0.511. The number of aromatic amines is 1. The molecule has 1 heterocycles. The number of likely N-dealkylation sites (N-methyl/N-ethyl adjacent to an activating group) is 1. The van der Waals surface area contributed by atoms with Gasteiger partial charge in [-0.1, -0.05) is 36.4 Å². The zero-order chi connectivity index (χ0) is 22.0. The molecule has 1 aromatic heterocycles. The fourth-order valence-electron chi connectivity index (χ4n) is 3.79. The van der Waals surface area contributed by atoms with Crippen molar-refractivity contribution >= 4 is 27.6 Å². The minimum atomic E-state index is -0.321. The highest BCUT2D eigenvalue weighted by atomic mass is 16.5. The van der Waals surface area contributed by atoms with Gasteiger partial charge in [-0.2, -0.15) is 0 Å². The molecule has 4 rings (SSSR count). The number of ether oxygens (including phenoxy) is 1. The first-order valence-electron chi connectivity index (χ1n) is 10.3. The van der Waals surface area contributed by atoms with Gasteiger partial charge in [-0.15, -0.1) is 0 Å². The predicted octanol–water partition coefficient (Wildman–Crippen LogP) is 4.24. The Morgan fingerprint density at radius 2 is 1.84 bits per heavy atom. The normalized spacial score (nSPS) is 12.1. The third kappa shape index (κ3) is 4.14. The van der Waals surface area contributed by atoms with Crippen LogP contribution in [0.4, 0.5) is 0 Å². The van der Waals surface area contributed by atoms with E-state index in [0.29, 0.717) is 23.3 Å². The number of amides is 1. The lowest BCUT2D eigenvalue weighted by Crippen LogP contribution is -2.34. The topological polar surface area (TPSA) is 75.3 Å². The summed E-state index contributed by atoms with van der Waals surface area (Å²) in [6, 6.07) is 19.1. The number of aromatic nitrogens is 2. The Balaban J connectivity index is 1.58. The lowest BCUT2D eigenvalue weighted by molar-refractivity contribution is -0.133. The first-order valence-corrected chi connectivity index (χ1v) is 10.3. The molecule has 0 fully saturated rings. The zero-order valence-electron chi connectivity index (χ0n) is 17.9. The molecule has 0 unspecified atom stereocenters. The van der Waals surface area contributed by atoms with Crippen LogP contribution in [0.2, 0.25) is 0 Å². The molecule has 4 aromatic rings. The molecule has 0 saturated heterocycles. The average molecular weight is 415 g/mol. The van der Waals surface area contributed by atoms with Crippen LogP contribution < -0.4 is 10.3 Å². The molecule has 0 aliphatic heterocycles. The van der Waals surface area contributed by atoms with Crippen molar-refractivity contribution in [2.75, 3.05) is 13.7 Å². The third-order valence-electron chi connectivity index (χ3n) is 5.64. The van der Waals surface area contributed by atoms with Gasteiger partial charge in [0.1, 0.15) is 11.6 Å². The van der Waals surface area contributed by atoms with Gasteiger partial charge >= 0.3 is 0 Å². The third-order valence-corrected chi connectivity index (χ3v) is 5.64. The standard InChI is InChI=1S/C25H25N3O3/c1-4-28(15-23-26-22-8-6-5-7-21(22)24(29)27-23)25(30)16(2)17-9-10-19-14-20(31-3)12-11-18(19)13-17/h5-14,16H,4,15H2,1-3H3,(H,26,27,29)/t16-/m0/s1. The fourth-order valence-corrected chi connectivity index (χ4v) is 3.79. The highest BCUT2D eigenvalue weighted by Crippen LogP contribution is 2.26. The number of H-pyrrole nitrogens is 1. The summed E-state index contributed by atoms with van der Waals surface area (Å²) in [6.45, 7) is 4.61. The van der Waals surface area contributed by atoms with Crippen LogP contribution in [-0.4, -0.2) is 34.4 Å². The lowest BCUT2D eigenvalue weighted by Gasteiger charge is -2.24. The number of hydrogen-bond donors (Lipinski definition) is 1. The highest BCUT2D eigenvalue weighted by molar-refractivity contribution is 5.88. The van der Waals surface area contributed by atoms with Gasteiger partial charge in [0.2, 0.25) is 5.91 Å². The summed E-state index contributed by atoms with van der Waals surface area (Å²) in [6.07, 6.45) is 0. The molecule has 3 aromatic carbocycles. The molecule has 0 aliphatic rings. The van der Waals surface area contributed by atoms with Crippen LogP contribution in [0.3, 0.4) is 0 Å². The Bertz CT molecular complexity index is 1310. The van der Waals surface area contributed by atoms with Gasteiger partial charge in [0.15, 0.2) is 0 Å². The van der Waals surface area contributed by atoms with Crippen LogP contribution in [0.25, 0.3) is 21.7 Å². The molecule has 0 saturated carbocycles. The van der Waals surface area contributed by atoms with E-state index in [2.05, 4.69) is 9.97 Å². The van der Waals surface area contributed by atoms with E-state index in [1.54, 1.807) is 24.1 Å². The summed E-state index contributed by atoms with van der Waals surface area (Å²) in [4.78, 5) is 34.7. The first kappa shape index (κ1) is 20.6. The SMILES string of the molecule is CCN(Cc1nc2ccccc2c(=O)[nH]1)C(=O)[C@@H](C)c1ccc2cc(OC)ccc2c1. The van der Waals surface area contributed by atoms with Gasteiger partial charge in [0.05, 0.1) is 30.5 Å². The number of benzene rings is 3. The van der Waals surface area contributed by atoms with Crippen molar-refractivity contribution in [3.05, 3.63) is 82.4 Å². The van der Waals surface area contributed by atoms with Gasteiger partial charge in [-0.05, 0) is 54.4 Å². The second-order valence-electron chi connectivity index (χ2n) is 7.58. The lowest BCUT2D eigenvalue weighted by atomic mass is 9.96. The summed E-state index contributed by atoms with van der Waals surface area (Å²) < 4.78 is 5.28. The van der Waals surface area contributed by atoms with Crippen LogP contribution in [0.15, 0.2) is 65.5 Å². The van der Waals surface area contributed by atoms with Gasteiger partial charge < -0.3 is 14.6 Å². The molecular weight excluding hydrogens is 390 g/mol. The second kappa shape index (κ2) is 8.60. The van der Waals surface area contributed by atoms with Crippen molar-refractivity contribution < 1.29 is 9.53 Å². The number of carbonyl (C=O) groups excluding carboxylic acids is 1. The molecule has 0 bridgehead atoms. The van der Waals surface area contributed by atoms with E-state index in [9.17, 15) is 9.59 Å². The molecule has 1 amide bonds. The van der Waals surface area contributed by atoms with Crippen molar-refractivity contribution in [1.82, 2.24) is 14.9 Å². The van der Waals surface area contributed by atoms with Crippen molar-refractivity contribution in [2.45, 2.75) is 26.3 Å². The van der Waals surface area contributed by atoms with E-state index in [1.807, 2.05) is 62.4 Å². The number of nitrogens with one attached hydrogen (secondary N) is 1. The summed E-state index contributed by atoms with van der Waals surface area (Å²) >= 11 is 0. The van der Waals surface area contributed by atoms with E-state index in [4.69, 9.17) is 4.74 Å². The van der Waals surface area contributed by atoms with Crippen LogP contribution >= 0.6 is 0 Å². The molecule has 0 radical (unpaired) electrons. The number of fused-ring (bicyclic) bond motifs is 2. The molecule has 158 valence electrons. The minimum absolute atomic E-state index is 0.00818. The second-order valence-corrected chi connectivity index (χ2v) is 7.58. The number of rotatable bonds is 6. The summed E-state index contributed by atoms with van der Waals surface area (Å²) in [7, 11) is 1.65. The molecular formula is C25H25N3O3. The van der Waals surface area contributed by atoms with Crippen LogP contribution in [0.1, 0.15) is 31.2 Å².